The molecule has 1 aliphatic heterocycles. The Hall–Kier alpha value is -1.65. The van der Waals surface area contributed by atoms with Crippen LogP contribution in [-0.4, -0.2) is 29.7 Å². The van der Waals surface area contributed by atoms with Crippen LogP contribution in [0.25, 0.3) is 0 Å². The number of ketones is 1. The quantitative estimate of drug-likeness (QED) is 0.874. The molecule has 4 heteroatoms. The van der Waals surface area contributed by atoms with Gasteiger partial charge < -0.3 is 14.6 Å². The van der Waals surface area contributed by atoms with Crippen LogP contribution >= 0.6 is 0 Å². The number of allylic oxidation sites excluding steroid dienone is 1. The first-order chi connectivity index (χ1) is 10.00. The van der Waals surface area contributed by atoms with Gasteiger partial charge in [0.1, 0.15) is 6.10 Å². The van der Waals surface area contributed by atoms with E-state index >= 15 is 0 Å². The molecular formula is C17H22O4. The topological polar surface area (TPSA) is 55.8 Å². The average molecular weight is 290 g/mol. The first-order valence-electron chi connectivity index (χ1n) is 7.16. The van der Waals surface area contributed by atoms with Crippen molar-refractivity contribution in [3.05, 3.63) is 48.2 Å². The molecule has 2 atom stereocenters. The van der Waals surface area contributed by atoms with Crippen LogP contribution in [0.3, 0.4) is 0 Å². The second-order valence-corrected chi connectivity index (χ2v) is 5.90. The minimum absolute atomic E-state index is 0.0242. The maximum absolute atomic E-state index is 11.8. The van der Waals surface area contributed by atoms with Crippen molar-refractivity contribution in [2.45, 2.75) is 39.1 Å². The number of hydrogen-bond donors (Lipinski definition) is 1. The lowest BCUT2D eigenvalue weighted by atomic mass is 9.78. The summed E-state index contributed by atoms with van der Waals surface area (Å²) in [5.41, 5.74) is 0.451. The fourth-order valence-electron chi connectivity index (χ4n) is 2.29. The molecule has 0 fully saturated rings. The van der Waals surface area contributed by atoms with Gasteiger partial charge in [0, 0.05) is 12.5 Å². The summed E-state index contributed by atoms with van der Waals surface area (Å²) in [6.45, 7) is 4.36. The highest BCUT2D eigenvalue weighted by Crippen LogP contribution is 2.31. The van der Waals surface area contributed by atoms with Crippen LogP contribution in [0.2, 0.25) is 0 Å². The van der Waals surface area contributed by atoms with Gasteiger partial charge in [-0.05, 0) is 19.4 Å². The van der Waals surface area contributed by atoms with Crippen molar-refractivity contribution in [2.75, 3.05) is 6.61 Å². The summed E-state index contributed by atoms with van der Waals surface area (Å²) >= 11 is 0. The molecule has 0 unspecified atom stereocenters. The lowest BCUT2D eigenvalue weighted by Gasteiger charge is -2.35. The van der Waals surface area contributed by atoms with Gasteiger partial charge >= 0.3 is 0 Å². The zero-order valence-electron chi connectivity index (χ0n) is 12.5. The summed E-state index contributed by atoms with van der Waals surface area (Å²) in [5, 5.41) is 10.1. The van der Waals surface area contributed by atoms with Crippen molar-refractivity contribution in [1.29, 1.82) is 0 Å². The van der Waals surface area contributed by atoms with Crippen molar-refractivity contribution in [3.63, 3.8) is 0 Å². The molecule has 0 bridgehead atoms. The molecule has 1 heterocycles. The van der Waals surface area contributed by atoms with Gasteiger partial charge in [-0.3, -0.25) is 4.79 Å². The van der Waals surface area contributed by atoms with Crippen LogP contribution in [0.5, 0.6) is 0 Å². The lowest BCUT2D eigenvalue weighted by molar-refractivity contribution is -0.133. The summed E-state index contributed by atoms with van der Waals surface area (Å²) in [4.78, 5) is 11.8. The predicted molar refractivity (Wildman–Crippen MR) is 79.5 cm³/mol. The molecule has 0 spiro atoms. The van der Waals surface area contributed by atoms with E-state index in [1.165, 1.54) is 12.3 Å². The van der Waals surface area contributed by atoms with E-state index in [4.69, 9.17) is 9.47 Å². The van der Waals surface area contributed by atoms with Gasteiger partial charge in [-0.25, -0.2) is 0 Å². The van der Waals surface area contributed by atoms with Gasteiger partial charge in [-0.15, -0.1) is 0 Å². The van der Waals surface area contributed by atoms with Crippen LogP contribution in [0.1, 0.15) is 25.8 Å². The maximum atomic E-state index is 11.8. The highest BCUT2D eigenvalue weighted by Gasteiger charge is 2.39. The van der Waals surface area contributed by atoms with Gasteiger partial charge in [0.25, 0.3) is 0 Å². The van der Waals surface area contributed by atoms with Gasteiger partial charge in [0.2, 0.25) is 0 Å². The van der Waals surface area contributed by atoms with Gasteiger partial charge in [0.15, 0.2) is 5.78 Å². The van der Waals surface area contributed by atoms with E-state index in [9.17, 15) is 9.90 Å². The van der Waals surface area contributed by atoms with Crippen molar-refractivity contribution in [3.8, 4) is 0 Å². The van der Waals surface area contributed by atoms with E-state index in [1.54, 1.807) is 0 Å². The largest absolute Gasteiger partial charge is 0.497 e. The number of carbonyl (C=O) groups excluding carboxylic acids is 1. The first kappa shape index (κ1) is 15.7. The lowest BCUT2D eigenvalue weighted by Crippen LogP contribution is -2.42. The summed E-state index contributed by atoms with van der Waals surface area (Å²) in [6, 6.07) is 9.80. The SMILES string of the molecule is CC1(C)C(=O)C=CO[C@@H]1C[C@H](O)COCc1ccccc1. The number of carbonyl (C=O) groups is 1. The molecular weight excluding hydrogens is 268 g/mol. The molecule has 21 heavy (non-hydrogen) atoms. The first-order valence-corrected chi connectivity index (χ1v) is 7.16. The van der Waals surface area contributed by atoms with E-state index in [0.717, 1.165) is 5.56 Å². The summed E-state index contributed by atoms with van der Waals surface area (Å²) < 4.78 is 11.0. The molecule has 114 valence electrons. The highest BCUT2D eigenvalue weighted by atomic mass is 16.5. The Balaban J connectivity index is 1.78. The standard InChI is InChI=1S/C17H22O4/c1-17(2)15(19)8-9-21-16(17)10-14(18)12-20-11-13-6-4-3-5-7-13/h3-9,14,16,18H,10-12H2,1-2H3/t14-,16+/m0/s1. The molecule has 0 radical (unpaired) electrons. The van der Waals surface area contributed by atoms with Crippen LogP contribution in [0, 0.1) is 5.41 Å². The molecule has 0 aliphatic carbocycles. The molecule has 0 saturated heterocycles. The van der Waals surface area contributed by atoms with Crippen LogP contribution in [0.4, 0.5) is 0 Å². The zero-order valence-corrected chi connectivity index (χ0v) is 12.5. The third-order valence-corrected chi connectivity index (χ3v) is 3.81. The van der Waals surface area contributed by atoms with E-state index in [2.05, 4.69) is 0 Å². The predicted octanol–water partition coefficient (Wildman–Crippen LogP) is 2.46. The van der Waals surface area contributed by atoms with Gasteiger partial charge in [0.05, 0.1) is 31.0 Å². The van der Waals surface area contributed by atoms with Gasteiger partial charge in [-0.1, -0.05) is 30.3 Å². The monoisotopic (exact) mass is 290 g/mol. The fourth-order valence-corrected chi connectivity index (χ4v) is 2.29. The Bertz CT molecular complexity index is 493. The van der Waals surface area contributed by atoms with Crippen molar-refractivity contribution in [2.24, 2.45) is 5.41 Å². The average Bonchev–Trinajstić information content (AvgIpc) is 2.45. The van der Waals surface area contributed by atoms with E-state index in [0.29, 0.717) is 13.0 Å². The normalized spacial score (nSPS) is 21.9. The molecule has 0 amide bonds. The minimum Gasteiger partial charge on any atom is -0.497 e. The van der Waals surface area contributed by atoms with Crippen molar-refractivity contribution in [1.82, 2.24) is 0 Å². The summed E-state index contributed by atoms with van der Waals surface area (Å²) in [6.07, 6.45) is 2.24. The number of aliphatic hydroxyl groups excluding tert-OH is 1. The maximum Gasteiger partial charge on any atom is 0.168 e. The Morgan fingerprint density at radius 2 is 2.05 bits per heavy atom. The molecule has 4 nitrogen and oxygen atoms in total. The number of rotatable bonds is 6. The number of aliphatic hydroxyl groups is 1. The third kappa shape index (κ3) is 4.16. The number of hydrogen-bond acceptors (Lipinski definition) is 4. The van der Waals surface area contributed by atoms with E-state index < -0.39 is 11.5 Å². The van der Waals surface area contributed by atoms with Crippen LogP contribution in [0.15, 0.2) is 42.7 Å². The molecule has 1 aromatic carbocycles. The van der Waals surface area contributed by atoms with Crippen molar-refractivity contribution < 1.29 is 19.4 Å². The van der Waals surface area contributed by atoms with Crippen LogP contribution < -0.4 is 0 Å². The molecule has 1 aliphatic rings. The summed E-state index contributed by atoms with van der Waals surface area (Å²) in [7, 11) is 0. The number of ether oxygens (including phenoxy) is 2. The second kappa shape index (κ2) is 6.87. The highest BCUT2D eigenvalue weighted by molar-refractivity contribution is 5.95. The molecule has 1 aromatic rings. The molecule has 0 saturated carbocycles. The van der Waals surface area contributed by atoms with E-state index in [-0.39, 0.29) is 18.5 Å². The third-order valence-electron chi connectivity index (χ3n) is 3.81. The number of benzene rings is 1. The molecule has 1 N–H and O–H groups in total. The minimum atomic E-state index is -0.655. The Morgan fingerprint density at radius 3 is 2.76 bits per heavy atom. The smallest absolute Gasteiger partial charge is 0.168 e. The van der Waals surface area contributed by atoms with Crippen molar-refractivity contribution >= 4 is 5.78 Å². The molecule has 2 rings (SSSR count). The van der Waals surface area contributed by atoms with Gasteiger partial charge in [-0.2, -0.15) is 0 Å². The molecule has 0 aromatic heterocycles. The summed E-state index contributed by atoms with van der Waals surface area (Å²) in [5.74, 6) is 0.0242. The Morgan fingerprint density at radius 1 is 1.33 bits per heavy atom. The Labute approximate surface area is 125 Å². The fraction of sp³-hybridized carbons (Fsp3) is 0.471. The zero-order chi connectivity index (χ0) is 15.3. The van der Waals surface area contributed by atoms with E-state index in [1.807, 2.05) is 44.2 Å². The second-order valence-electron chi connectivity index (χ2n) is 5.90. The van der Waals surface area contributed by atoms with Crippen LogP contribution in [-0.2, 0) is 20.9 Å². The Kier molecular flexibility index (Phi) is 5.15.